The second-order valence-electron chi connectivity index (χ2n) is 8.16. The molecule has 1 aromatic heterocycles. The molecule has 4 rings (SSSR count). The van der Waals surface area contributed by atoms with Crippen LogP contribution in [0.3, 0.4) is 0 Å². The van der Waals surface area contributed by atoms with Crippen LogP contribution in [0.25, 0.3) is 0 Å². The van der Waals surface area contributed by atoms with Crippen LogP contribution in [-0.2, 0) is 24.6 Å². The van der Waals surface area contributed by atoms with Crippen molar-refractivity contribution < 1.29 is 21.6 Å². The highest BCUT2D eigenvalue weighted by Gasteiger charge is 2.32. The molecule has 2 aliphatic rings. The zero-order valence-electron chi connectivity index (χ0n) is 18.1. The first-order valence-corrected chi connectivity index (χ1v) is 14.6. The minimum absolute atomic E-state index is 0.0423. The summed E-state index contributed by atoms with van der Waals surface area (Å²) in [7, 11) is -6.94. The molecular formula is C20H24Cl2N4O6S2. The van der Waals surface area contributed by atoms with Crippen molar-refractivity contribution in [2.24, 2.45) is 0 Å². The Labute approximate surface area is 207 Å². The number of nitrogens with one attached hydrogen (secondary N) is 1. The van der Waals surface area contributed by atoms with E-state index in [4.69, 9.17) is 27.9 Å². The summed E-state index contributed by atoms with van der Waals surface area (Å²) in [6.45, 7) is 0.752. The SMILES string of the molecule is O=c1c(Cl)c(NCC2COCCS2(=O)=O)cnn1C1CCN(S(=O)(=O)c2ccc(Cl)cc2)CC1. The molecule has 10 nitrogen and oxygen atoms in total. The molecule has 0 radical (unpaired) electrons. The van der Waals surface area contributed by atoms with Crippen LogP contribution in [0, 0.1) is 0 Å². The third-order valence-corrected chi connectivity index (χ3v) is 10.6. The van der Waals surface area contributed by atoms with Crippen LogP contribution < -0.4 is 10.9 Å². The molecule has 2 fully saturated rings. The van der Waals surface area contributed by atoms with Crippen molar-refractivity contribution in [2.45, 2.75) is 29.0 Å². The van der Waals surface area contributed by atoms with Crippen molar-refractivity contribution in [3.05, 3.63) is 50.9 Å². The predicted octanol–water partition coefficient (Wildman–Crippen LogP) is 1.80. The molecule has 1 unspecified atom stereocenters. The van der Waals surface area contributed by atoms with Crippen LogP contribution in [0.2, 0.25) is 10.0 Å². The maximum absolute atomic E-state index is 12.9. The van der Waals surface area contributed by atoms with Crippen molar-refractivity contribution in [3.8, 4) is 0 Å². The highest BCUT2D eigenvalue weighted by molar-refractivity contribution is 7.92. The van der Waals surface area contributed by atoms with Crippen LogP contribution >= 0.6 is 23.2 Å². The number of halogens is 2. The van der Waals surface area contributed by atoms with Gasteiger partial charge in [-0.2, -0.15) is 9.40 Å². The Bertz CT molecular complexity index is 1310. The molecule has 0 spiro atoms. The summed E-state index contributed by atoms with van der Waals surface area (Å²) >= 11 is 12.1. The summed E-state index contributed by atoms with van der Waals surface area (Å²) in [6.07, 6.45) is 2.16. The van der Waals surface area contributed by atoms with Crippen molar-refractivity contribution in [1.82, 2.24) is 14.1 Å². The Morgan fingerprint density at radius 3 is 2.47 bits per heavy atom. The number of nitrogens with zero attached hydrogens (tertiary/aromatic N) is 3. The Morgan fingerprint density at radius 1 is 1.15 bits per heavy atom. The van der Waals surface area contributed by atoms with E-state index in [2.05, 4.69) is 10.4 Å². The normalized spacial score (nSPS) is 21.9. The minimum Gasteiger partial charge on any atom is -0.381 e. The van der Waals surface area contributed by atoms with Gasteiger partial charge in [0.25, 0.3) is 5.56 Å². The van der Waals surface area contributed by atoms with E-state index in [9.17, 15) is 21.6 Å². The molecule has 34 heavy (non-hydrogen) atoms. The molecule has 0 bridgehead atoms. The second-order valence-corrected chi connectivity index (χ2v) is 13.3. The number of aromatic nitrogens is 2. The number of benzene rings is 1. The highest BCUT2D eigenvalue weighted by atomic mass is 35.5. The standard InChI is InChI=1S/C20H24Cl2N4O6S2/c21-14-1-3-16(4-2-14)34(30,31)25-7-5-15(6-8-25)26-20(27)19(22)18(12-24-26)23-11-17-13-32-9-10-33(17,28)29/h1-4,12,15,17,23H,5-11,13H2. The van der Waals surface area contributed by atoms with E-state index in [1.54, 1.807) is 0 Å². The smallest absolute Gasteiger partial charge is 0.287 e. The van der Waals surface area contributed by atoms with Crippen LogP contribution in [0.5, 0.6) is 0 Å². The van der Waals surface area contributed by atoms with Gasteiger partial charge in [-0.15, -0.1) is 0 Å². The summed E-state index contributed by atoms with van der Waals surface area (Å²) < 4.78 is 57.9. The molecular weight excluding hydrogens is 527 g/mol. The Hall–Kier alpha value is -1.70. The summed E-state index contributed by atoms with van der Waals surface area (Å²) in [5, 5.41) is 6.73. The van der Waals surface area contributed by atoms with Gasteiger partial charge >= 0.3 is 0 Å². The van der Waals surface area contributed by atoms with Gasteiger partial charge in [-0.1, -0.05) is 23.2 Å². The van der Waals surface area contributed by atoms with Crippen LogP contribution in [0.1, 0.15) is 18.9 Å². The quantitative estimate of drug-likeness (QED) is 0.576. The lowest BCUT2D eigenvalue weighted by molar-refractivity contribution is 0.140. The largest absolute Gasteiger partial charge is 0.381 e. The number of hydrogen-bond donors (Lipinski definition) is 1. The Balaban J connectivity index is 1.42. The van der Waals surface area contributed by atoms with Gasteiger partial charge in [0, 0.05) is 24.7 Å². The lowest BCUT2D eigenvalue weighted by Crippen LogP contribution is -2.42. The number of ether oxygens (including phenoxy) is 1. The summed E-state index contributed by atoms with van der Waals surface area (Å²) in [4.78, 5) is 13.0. The number of hydrogen-bond acceptors (Lipinski definition) is 8. The Morgan fingerprint density at radius 2 is 1.82 bits per heavy atom. The molecule has 1 N–H and O–H groups in total. The van der Waals surface area contributed by atoms with E-state index in [0.717, 1.165) is 0 Å². The summed E-state index contributed by atoms with van der Waals surface area (Å²) in [6, 6.07) is 5.67. The monoisotopic (exact) mass is 550 g/mol. The van der Waals surface area contributed by atoms with Gasteiger partial charge < -0.3 is 10.1 Å². The molecule has 186 valence electrons. The zero-order valence-corrected chi connectivity index (χ0v) is 21.2. The van der Waals surface area contributed by atoms with Gasteiger partial charge in [-0.05, 0) is 37.1 Å². The number of sulfonamides is 1. The van der Waals surface area contributed by atoms with Gasteiger partial charge in [0.05, 0.1) is 41.8 Å². The maximum atomic E-state index is 12.9. The van der Waals surface area contributed by atoms with Gasteiger partial charge in [-0.25, -0.2) is 21.5 Å². The number of piperidine rings is 1. The van der Waals surface area contributed by atoms with Crippen LogP contribution in [0.15, 0.2) is 40.2 Å². The second kappa shape index (κ2) is 10.1. The van der Waals surface area contributed by atoms with E-state index < -0.39 is 30.7 Å². The minimum atomic E-state index is -3.67. The van der Waals surface area contributed by atoms with Crippen molar-refractivity contribution in [3.63, 3.8) is 0 Å². The molecule has 0 amide bonds. The molecule has 3 heterocycles. The van der Waals surface area contributed by atoms with E-state index in [1.165, 1.54) is 39.4 Å². The van der Waals surface area contributed by atoms with Crippen molar-refractivity contribution in [1.29, 1.82) is 0 Å². The van der Waals surface area contributed by atoms with Crippen molar-refractivity contribution >= 4 is 48.7 Å². The molecule has 2 saturated heterocycles. The van der Waals surface area contributed by atoms with Gasteiger partial charge in [0.2, 0.25) is 10.0 Å². The lowest BCUT2D eigenvalue weighted by Gasteiger charge is -2.31. The first kappa shape index (κ1) is 25.4. The first-order chi connectivity index (χ1) is 16.1. The zero-order chi connectivity index (χ0) is 24.5. The third-order valence-electron chi connectivity index (χ3n) is 6.01. The number of rotatable bonds is 6. The van der Waals surface area contributed by atoms with Crippen molar-refractivity contribution in [2.75, 3.05) is 43.9 Å². The molecule has 1 aromatic carbocycles. The predicted molar refractivity (Wildman–Crippen MR) is 129 cm³/mol. The van der Waals surface area contributed by atoms with E-state index in [0.29, 0.717) is 17.9 Å². The Kier molecular flexibility index (Phi) is 7.56. The van der Waals surface area contributed by atoms with Gasteiger partial charge in [0.15, 0.2) is 9.84 Å². The highest BCUT2D eigenvalue weighted by Crippen LogP contribution is 2.27. The van der Waals surface area contributed by atoms with E-state index in [1.807, 2.05) is 0 Å². The summed E-state index contributed by atoms with van der Waals surface area (Å²) in [5.74, 6) is -0.0423. The van der Waals surface area contributed by atoms with Gasteiger partial charge in [-0.3, -0.25) is 4.79 Å². The molecule has 2 aliphatic heterocycles. The topological polar surface area (TPSA) is 128 Å². The fourth-order valence-electron chi connectivity index (χ4n) is 3.98. The number of sulfone groups is 1. The number of anilines is 1. The van der Waals surface area contributed by atoms with E-state index >= 15 is 0 Å². The fraction of sp³-hybridized carbons (Fsp3) is 0.500. The average Bonchev–Trinajstić information content (AvgIpc) is 2.81. The van der Waals surface area contributed by atoms with Crippen LogP contribution in [-0.4, -0.2) is 74.8 Å². The molecule has 2 aromatic rings. The first-order valence-electron chi connectivity index (χ1n) is 10.7. The lowest BCUT2D eigenvalue weighted by atomic mass is 10.1. The average molecular weight is 551 g/mol. The fourth-order valence-corrected chi connectivity index (χ4v) is 7.10. The summed E-state index contributed by atoms with van der Waals surface area (Å²) in [5.41, 5.74) is -0.278. The van der Waals surface area contributed by atoms with Crippen LogP contribution in [0.4, 0.5) is 5.69 Å². The molecule has 0 saturated carbocycles. The van der Waals surface area contributed by atoms with E-state index in [-0.39, 0.29) is 60.2 Å². The molecule has 14 heteroatoms. The third kappa shape index (κ3) is 5.26. The van der Waals surface area contributed by atoms with Gasteiger partial charge in [0.1, 0.15) is 10.3 Å². The molecule has 1 atom stereocenters. The molecule has 0 aliphatic carbocycles. The maximum Gasteiger partial charge on any atom is 0.287 e.